The second-order valence-corrected chi connectivity index (χ2v) is 5.74. The van der Waals surface area contributed by atoms with Crippen LogP contribution in [-0.4, -0.2) is 24.5 Å². The van der Waals surface area contributed by atoms with Gasteiger partial charge < -0.3 is 10.1 Å². The maximum absolute atomic E-state index is 11.1. The highest BCUT2D eigenvalue weighted by molar-refractivity contribution is 8.13. The van der Waals surface area contributed by atoms with Crippen LogP contribution in [0.4, 0.5) is 0 Å². The van der Waals surface area contributed by atoms with Gasteiger partial charge in [0.2, 0.25) is 0 Å². The van der Waals surface area contributed by atoms with Gasteiger partial charge in [0.25, 0.3) is 9.05 Å². The highest BCUT2D eigenvalue weighted by Gasteiger charge is 2.13. The molecule has 5 nitrogen and oxygen atoms in total. The Balaban J connectivity index is 2.67. The van der Waals surface area contributed by atoms with Crippen molar-refractivity contribution in [3.8, 4) is 0 Å². The molecule has 0 saturated carbocycles. The van der Waals surface area contributed by atoms with Gasteiger partial charge in [-0.2, -0.15) is 0 Å². The number of carbonyl (C=O) groups is 1. The van der Waals surface area contributed by atoms with Gasteiger partial charge in [0.05, 0.1) is 4.90 Å². The molecule has 1 aromatic carbocycles. The number of aromatic nitrogens is 1. The van der Waals surface area contributed by atoms with Crippen LogP contribution in [0.5, 0.6) is 0 Å². The number of halogens is 1. The Hall–Kier alpha value is -1.53. The van der Waals surface area contributed by atoms with E-state index in [2.05, 4.69) is 4.98 Å². The summed E-state index contributed by atoms with van der Waals surface area (Å²) < 4.78 is 22.1. The fraction of sp³-hybridized carbons (Fsp3) is 0. The highest BCUT2D eigenvalue weighted by Crippen LogP contribution is 2.22. The molecule has 0 aliphatic heterocycles. The maximum Gasteiger partial charge on any atom is 0.352 e. The van der Waals surface area contributed by atoms with Crippen LogP contribution in [0, 0.1) is 0 Å². The number of fused-ring (bicyclic) bond motifs is 1. The smallest absolute Gasteiger partial charge is 0.352 e. The summed E-state index contributed by atoms with van der Waals surface area (Å²) in [4.78, 5) is 13.3. The number of hydrogen-bond donors (Lipinski definition) is 2. The summed E-state index contributed by atoms with van der Waals surface area (Å²) in [6.07, 6.45) is 0. The number of hydrogen-bond acceptors (Lipinski definition) is 3. The number of aromatic carboxylic acids is 1. The fourth-order valence-corrected chi connectivity index (χ4v) is 2.16. The first-order valence-corrected chi connectivity index (χ1v) is 6.49. The molecule has 1 heterocycles. The molecule has 0 spiro atoms. The Morgan fingerprint density at radius 3 is 2.56 bits per heavy atom. The molecule has 7 heteroatoms. The van der Waals surface area contributed by atoms with Gasteiger partial charge in [-0.15, -0.1) is 0 Å². The SMILES string of the molecule is O=C(O)c1cc2cc(S(=O)(=O)Cl)ccc2[nH]1. The van der Waals surface area contributed by atoms with E-state index >= 15 is 0 Å². The lowest BCUT2D eigenvalue weighted by Gasteiger charge is -1.95. The van der Waals surface area contributed by atoms with E-state index < -0.39 is 15.0 Å². The molecular formula is C9H6ClNO4S. The number of carboxylic acids is 1. The summed E-state index contributed by atoms with van der Waals surface area (Å²) >= 11 is 0. The molecule has 0 aliphatic carbocycles. The van der Waals surface area contributed by atoms with E-state index in [0.29, 0.717) is 10.9 Å². The van der Waals surface area contributed by atoms with E-state index in [0.717, 1.165) is 0 Å². The molecule has 0 radical (unpaired) electrons. The normalized spacial score (nSPS) is 11.8. The molecule has 0 unspecified atom stereocenters. The van der Waals surface area contributed by atoms with Gasteiger partial charge in [-0.1, -0.05) is 0 Å². The van der Waals surface area contributed by atoms with E-state index in [9.17, 15) is 13.2 Å². The molecule has 1 aromatic heterocycles. The van der Waals surface area contributed by atoms with Crippen molar-refractivity contribution >= 4 is 36.6 Å². The zero-order valence-electron chi connectivity index (χ0n) is 7.77. The summed E-state index contributed by atoms with van der Waals surface area (Å²) in [6, 6.07) is 5.45. The van der Waals surface area contributed by atoms with Crippen molar-refractivity contribution in [2.75, 3.05) is 0 Å². The first-order valence-electron chi connectivity index (χ1n) is 4.18. The van der Waals surface area contributed by atoms with Gasteiger partial charge in [0.15, 0.2) is 0 Å². The molecule has 0 saturated heterocycles. The lowest BCUT2D eigenvalue weighted by Crippen LogP contribution is -1.94. The first-order chi connectivity index (χ1) is 7.38. The average molecular weight is 260 g/mol. The topological polar surface area (TPSA) is 87.2 Å². The van der Waals surface area contributed by atoms with Crippen molar-refractivity contribution in [1.82, 2.24) is 4.98 Å². The minimum atomic E-state index is -3.79. The van der Waals surface area contributed by atoms with E-state index in [1.807, 2.05) is 0 Å². The lowest BCUT2D eigenvalue weighted by atomic mass is 10.2. The van der Waals surface area contributed by atoms with Gasteiger partial charge >= 0.3 is 5.97 Å². The van der Waals surface area contributed by atoms with Gasteiger partial charge in [-0.3, -0.25) is 0 Å². The van der Waals surface area contributed by atoms with Crippen LogP contribution in [-0.2, 0) is 9.05 Å². The van der Waals surface area contributed by atoms with Crippen LogP contribution in [0.1, 0.15) is 10.5 Å². The molecular weight excluding hydrogens is 254 g/mol. The molecule has 0 bridgehead atoms. The Morgan fingerprint density at radius 1 is 1.31 bits per heavy atom. The molecule has 0 atom stereocenters. The quantitative estimate of drug-likeness (QED) is 0.805. The molecule has 0 aliphatic rings. The minimum absolute atomic E-state index is 0.000814. The number of nitrogens with one attached hydrogen (secondary N) is 1. The van der Waals surface area contributed by atoms with Gasteiger partial charge in [0.1, 0.15) is 5.69 Å². The Labute approximate surface area is 95.1 Å². The van der Waals surface area contributed by atoms with Crippen LogP contribution in [0.2, 0.25) is 0 Å². The highest BCUT2D eigenvalue weighted by atomic mass is 35.7. The van der Waals surface area contributed by atoms with Crippen LogP contribution >= 0.6 is 10.7 Å². The van der Waals surface area contributed by atoms with E-state index in [4.69, 9.17) is 15.8 Å². The Kier molecular flexibility index (Phi) is 2.40. The first kappa shape index (κ1) is 11.0. The van der Waals surface area contributed by atoms with Gasteiger partial charge in [-0.05, 0) is 24.3 Å². The maximum atomic E-state index is 11.1. The molecule has 2 aromatic rings. The zero-order chi connectivity index (χ0) is 11.9. The van der Waals surface area contributed by atoms with Crippen molar-refractivity contribution in [2.24, 2.45) is 0 Å². The van der Waals surface area contributed by atoms with Gasteiger partial charge in [0, 0.05) is 21.6 Å². The zero-order valence-corrected chi connectivity index (χ0v) is 9.34. The van der Waals surface area contributed by atoms with Crippen LogP contribution in [0.3, 0.4) is 0 Å². The number of aromatic amines is 1. The fourth-order valence-electron chi connectivity index (χ4n) is 1.38. The third kappa shape index (κ3) is 1.89. The lowest BCUT2D eigenvalue weighted by molar-refractivity contribution is 0.0691. The Bertz CT molecular complexity index is 674. The predicted molar refractivity (Wildman–Crippen MR) is 58.3 cm³/mol. The van der Waals surface area contributed by atoms with E-state index in [1.165, 1.54) is 24.3 Å². The number of benzene rings is 1. The number of H-pyrrole nitrogens is 1. The minimum Gasteiger partial charge on any atom is -0.477 e. The van der Waals surface area contributed by atoms with Crippen LogP contribution in [0.15, 0.2) is 29.2 Å². The number of carboxylic acid groups (broad SMARTS) is 1. The molecule has 2 N–H and O–H groups in total. The summed E-state index contributed by atoms with van der Waals surface area (Å²) in [5.41, 5.74) is 0.542. The van der Waals surface area contributed by atoms with Crippen molar-refractivity contribution in [3.05, 3.63) is 30.0 Å². The van der Waals surface area contributed by atoms with E-state index in [-0.39, 0.29) is 10.6 Å². The summed E-state index contributed by atoms with van der Waals surface area (Å²) in [6.45, 7) is 0. The summed E-state index contributed by atoms with van der Waals surface area (Å²) in [5, 5.41) is 9.22. The Morgan fingerprint density at radius 2 is 2.00 bits per heavy atom. The predicted octanol–water partition coefficient (Wildman–Crippen LogP) is 1.79. The van der Waals surface area contributed by atoms with Crippen molar-refractivity contribution in [1.29, 1.82) is 0 Å². The third-order valence-corrected chi connectivity index (χ3v) is 3.46. The van der Waals surface area contributed by atoms with Gasteiger partial charge in [-0.25, -0.2) is 13.2 Å². The van der Waals surface area contributed by atoms with E-state index in [1.54, 1.807) is 0 Å². The molecule has 16 heavy (non-hydrogen) atoms. The standard InChI is InChI=1S/C9H6ClNO4S/c10-16(14,15)6-1-2-7-5(3-6)4-8(11-7)9(12)13/h1-4,11H,(H,12,13). The molecule has 0 fully saturated rings. The molecule has 0 amide bonds. The van der Waals surface area contributed by atoms with Crippen molar-refractivity contribution in [2.45, 2.75) is 4.90 Å². The van der Waals surface area contributed by atoms with Crippen LogP contribution in [0.25, 0.3) is 10.9 Å². The molecule has 84 valence electrons. The average Bonchev–Trinajstić information content (AvgIpc) is 2.58. The second kappa shape index (κ2) is 3.50. The largest absolute Gasteiger partial charge is 0.477 e. The van der Waals surface area contributed by atoms with Crippen molar-refractivity contribution < 1.29 is 18.3 Å². The van der Waals surface area contributed by atoms with Crippen LogP contribution < -0.4 is 0 Å². The summed E-state index contributed by atoms with van der Waals surface area (Å²) in [7, 11) is 1.38. The molecule has 2 rings (SSSR count). The third-order valence-electron chi connectivity index (χ3n) is 2.10. The number of rotatable bonds is 2. The second-order valence-electron chi connectivity index (χ2n) is 3.18. The monoisotopic (exact) mass is 259 g/mol. The van der Waals surface area contributed by atoms with Crippen molar-refractivity contribution in [3.63, 3.8) is 0 Å². The summed E-state index contributed by atoms with van der Waals surface area (Å²) in [5.74, 6) is -1.11.